The van der Waals surface area contributed by atoms with Crippen molar-refractivity contribution in [3.8, 4) is 0 Å². The van der Waals surface area contributed by atoms with Gasteiger partial charge in [0.15, 0.2) is 0 Å². The molecule has 0 fully saturated rings. The summed E-state index contributed by atoms with van der Waals surface area (Å²) in [5, 5.41) is 6.14. The van der Waals surface area contributed by atoms with Crippen LogP contribution in [-0.4, -0.2) is 17.5 Å². The number of aromatic nitrogens is 2. The van der Waals surface area contributed by atoms with E-state index in [0.29, 0.717) is 12.8 Å². The third-order valence-electron chi connectivity index (χ3n) is 2.32. The molecule has 92 valence electrons. The molecule has 1 aromatic carbocycles. The first kappa shape index (κ1) is 12.0. The van der Waals surface area contributed by atoms with Crippen LogP contribution in [0.1, 0.15) is 23.0 Å². The van der Waals surface area contributed by atoms with Crippen LogP contribution in [0.4, 0.5) is 5.88 Å². The van der Waals surface area contributed by atoms with Crippen LogP contribution in [-0.2, 0) is 11.3 Å². The normalized spacial score (nSPS) is 10.1. The molecule has 1 heterocycles. The Morgan fingerprint density at radius 2 is 2.17 bits per heavy atom. The second-order valence-electron chi connectivity index (χ2n) is 3.73. The van der Waals surface area contributed by atoms with Gasteiger partial charge in [-0.15, -0.1) is 0 Å². The lowest BCUT2D eigenvalue weighted by Gasteiger charge is -1.93. The highest BCUT2D eigenvalue weighted by Gasteiger charge is 2.24. The van der Waals surface area contributed by atoms with Crippen molar-refractivity contribution >= 4 is 18.1 Å². The third kappa shape index (κ3) is 2.60. The molecule has 2 rings (SSSR count). The Balaban J connectivity index is 2.26. The minimum absolute atomic E-state index is 0.0634. The van der Waals surface area contributed by atoms with E-state index in [1.807, 2.05) is 30.3 Å². The van der Waals surface area contributed by atoms with Crippen molar-refractivity contribution in [2.75, 3.05) is 5.32 Å². The van der Waals surface area contributed by atoms with E-state index < -0.39 is 0 Å². The molecule has 0 saturated heterocycles. The van der Waals surface area contributed by atoms with Gasteiger partial charge in [0.1, 0.15) is 0 Å². The lowest BCUT2D eigenvalue weighted by atomic mass is 10.2. The highest BCUT2D eigenvalue weighted by Crippen LogP contribution is 2.08. The predicted molar refractivity (Wildman–Crippen MR) is 61.9 cm³/mol. The number of aldehydes is 1. The summed E-state index contributed by atoms with van der Waals surface area (Å²) in [4.78, 5) is 21.9. The summed E-state index contributed by atoms with van der Waals surface area (Å²) in [7, 11) is 0. The minimum atomic E-state index is -0.318. The number of hydrogen-bond donors (Lipinski definition) is 1. The Hall–Kier alpha value is -2.50. The van der Waals surface area contributed by atoms with Gasteiger partial charge in [-0.05, 0) is 4.68 Å². The fourth-order valence-electron chi connectivity index (χ4n) is 1.53. The summed E-state index contributed by atoms with van der Waals surface area (Å²) in [6, 6.07) is 9.51. The topological polar surface area (TPSA) is 76.1 Å². The molecule has 1 aromatic heterocycles. The molecule has 6 nitrogen and oxygen atoms in total. The van der Waals surface area contributed by atoms with Crippen LogP contribution in [0.2, 0.25) is 0 Å². The highest BCUT2D eigenvalue weighted by molar-refractivity contribution is 5.91. The highest BCUT2D eigenvalue weighted by atomic mass is 16.5. The number of carbonyl (C=O) groups is 2. The number of anilines is 1. The molecular weight excluding hydrogens is 234 g/mol. The molecular formula is C12H12N3O3+. The number of amides is 1. The van der Waals surface area contributed by atoms with E-state index in [-0.39, 0.29) is 17.5 Å². The first-order valence-electron chi connectivity index (χ1n) is 5.37. The zero-order valence-electron chi connectivity index (χ0n) is 9.79. The van der Waals surface area contributed by atoms with Crippen molar-refractivity contribution in [3.63, 3.8) is 0 Å². The van der Waals surface area contributed by atoms with Gasteiger partial charge in [-0.2, -0.15) is 0 Å². The van der Waals surface area contributed by atoms with Gasteiger partial charge in [0, 0.05) is 12.5 Å². The molecule has 0 unspecified atom stereocenters. The van der Waals surface area contributed by atoms with Crippen LogP contribution in [0.15, 0.2) is 34.9 Å². The van der Waals surface area contributed by atoms with Gasteiger partial charge >= 0.3 is 11.6 Å². The third-order valence-corrected chi connectivity index (χ3v) is 2.32. The second kappa shape index (κ2) is 5.22. The van der Waals surface area contributed by atoms with Gasteiger partial charge < -0.3 is 0 Å². The molecule has 2 aromatic rings. The fourth-order valence-corrected chi connectivity index (χ4v) is 1.53. The van der Waals surface area contributed by atoms with E-state index in [0.717, 1.165) is 5.56 Å². The first-order valence-corrected chi connectivity index (χ1v) is 5.37. The van der Waals surface area contributed by atoms with Gasteiger partial charge in [0.25, 0.3) is 0 Å². The van der Waals surface area contributed by atoms with Gasteiger partial charge in [0.2, 0.25) is 24.0 Å². The van der Waals surface area contributed by atoms with Crippen molar-refractivity contribution in [1.82, 2.24) is 5.27 Å². The van der Waals surface area contributed by atoms with E-state index in [1.54, 1.807) is 0 Å². The Kier molecular flexibility index (Phi) is 3.47. The second-order valence-corrected chi connectivity index (χ2v) is 3.73. The summed E-state index contributed by atoms with van der Waals surface area (Å²) < 4.78 is 6.32. The quantitative estimate of drug-likeness (QED) is 0.639. The van der Waals surface area contributed by atoms with Crippen LogP contribution in [0, 0.1) is 0 Å². The van der Waals surface area contributed by atoms with Crippen LogP contribution in [0.5, 0.6) is 0 Å². The van der Waals surface area contributed by atoms with E-state index in [2.05, 4.69) is 10.6 Å². The average molecular weight is 246 g/mol. The first-order chi connectivity index (χ1) is 8.70. The lowest BCUT2D eigenvalue weighted by Crippen LogP contribution is -2.40. The van der Waals surface area contributed by atoms with E-state index in [9.17, 15) is 9.59 Å². The lowest BCUT2D eigenvalue weighted by molar-refractivity contribution is -0.755. The molecule has 0 aliphatic rings. The van der Waals surface area contributed by atoms with E-state index in [1.165, 1.54) is 11.6 Å². The maximum absolute atomic E-state index is 11.0. The molecule has 0 saturated carbocycles. The summed E-state index contributed by atoms with van der Waals surface area (Å²) in [5.41, 5.74) is 1.18. The van der Waals surface area contributed by atoms with Crippen LogP contribution in [0.25, 0.3) is 0 Å². The van der Waals surface area contributed by atoms with Crippen LogP contribution in [0.3, 0.4) is 0 Å². The Morgan fingerprint density at radius 3 is 2.78 bits per heavy atom. The fraction of sp³-hybridized carbons (Fsp3) is 0.167. The van der Waals surface area contributed by atoms with Gasteiger partial charge in [-0.1, -0.05) is 30.3 Å². The Morgan fingerprint density at radius 1 is 1.44 bits per heavy atom. The van der Waals surface area contributed by atoms with Crippen LogP contribution >= 0.6 is 0 Å². The van der Waals surface area contributed by atoms with E-state index in [4.69, 9.17) is 4.52 Å². The Labute approximate surface area is 103 Å². The van der Waals surface area contributed by atoms with Gasteiger partial charge in [-0.25, -0.2) is 0 Å². The van der Waals surface area contributed by atoms with Gasteiger partial charge in [0.05, 0.1) is 0 Å². The maximum atomic E-state index is 11.0. The standard InChI is InChI=1S/C12H11N3O3/c1-9(17)13-12-11(8-16)15(14-18-12)7-10-5-3-2-4-6-10/h2-6,8H,7H2,1H3/p+1. The smallest absolute Gasteiger partial charge is 0.291 e. The molecule has 0 radical (unpaired) electrons. The number of benzene rings is 1. The number of nitrogens with zero attached hydrogens (tertiary/aromatic N) is 2. The number of rotatable bonds is 4. The summed E-state index contributed by atoms with van der Waals surface area (Å²) in [6.07, 6.45) is 0.602. The van der Waals surface area contributed by atoms with Crippen molar-refractivity contribution in [3.05, 3.63) is 41.6 Å². The summed E-state index contributed by atoms with van der Waals surface area (Å²) >= 11 is 0. The molecule has 0 bridgehead atoms. The van der Waals surface area contributed by atoms with Crippen molar-refractivity contribution in [1.29, 1.82) is 0 Å². The SMILES string of the molecule is CC(=O)Nc1on[n+](Cc2ccccc2)c1C=O. The molecule has 0 aliphatic heterocycles. The summed E-state index contributed by atoms with van der Waals surface area (Å²) in [6.45, 7) is 1.73. The molecule has 18 heavy (non-hydrogen) atoms. The molecule has 1 N–H and O–H groups in total. The largest absolute Gasteiger partial charge is 0.337 e. The van der Waals surface area contributed by atoms with Gasteiger partial charge in [-0.3, -0.25) is 19.4 Å². The average Bonchev–Trinajstić information content (AvgIpc) is 2.72. The number of carbonyl (C=O) groups excluding carboxylic acids is 2. The zero-order chi connectivity index (χ0) is 13.0. The monoisotopic (exact) mass is 246 g/mol. The molecule has 0 aliphatic carbocycles. The number of hydrogen-bond acceptors (Lipinski definition) is 4. The zero-order valence-corrected chi connectivity index (χ0v) is 9.79. The molecule has 6 heteroatoms. The summed E-state index contributed by atoms with van der Waals surface area (Å²) in [5.74, 6) is -0.255. The number of nitrogens with one attached hydrogen (secondary N) is 1. The van der Waals surface area contributed by atoms with Crippen molar-refractivity contribution in [2.45, 2.75) is 13.5 Å². The predicted octanol–water partition coefficient (Wildman–Crippen LogP) is 0.781. The molecule has 0 spiro atoms. The van der Waals surface area contributed by atoms with E-state index >= 15 is 0 Å². The Bertz CT molecular complexity index is 563. The van der Waals surface area contributed by atoms with Crippen LogP contribution < -0.4 is 10.00 Å². The maximum Gasteiger partial charge on any atom is 0.337 e. The minimum Gasteiger partial charge on any atom is -0.291 e. The van der Waals surface area contributed by atoms with Crippen molar-refractivity contribution < 1.29 is 18.8 Å². The van der Waals surface area contributed by atoms with Crippen molar-refractivity contribution in [2.24, 2.45) is 0 Å². The molecule has 0 atom stereocenters. The molecule has 1 amide bonds.